The van der Waals surface area contributed by atoms with Crippen LogP contribution in [0, 0.1) is 18.8 Å². The molecule has 0 aliphatic heterocycles. The summed E-state index contributed by atoms with van der Waals surface area (Å²) < 4.78 is 5.92. The molecule has 1 aliphatic rings. The molecule has 20 heavy (non-hydrogen) atoms. The molecular weight excluding hydrogens is 248 g/mol. The fraction of sp³-hybridized carbons (Fsp3) is 0.765. The van der Waals surface area contributed by atoms with Gasteiger partial charge in [-0.25, -0.2) is 0 Å². The maximum atomic E-state index is 5.92. The van der Waals surface area contributed by atoms with E-state index in [2.05, 4.69) is 44.0 Å². The summed E-state index contributed by atoms with van der Waals surface area (Å²) in [5.41, 5.74) is 1.31. The van der Waals surface area contributed by atoms with Gasteiger partial charge in [-0.2, -0.15) is 0 Å². The summed E-state index contributed by atoms with van der Waals surface area (Å²) in [6, 6.07) is 2.23. The zero-order valence-electron chi connectivity index (χ0n) is 13.5. The normalized spacial score (nSPS) is 15.5. The summed E-state index contributed by atoms with van der Waals surface area (Å²) in [5, 5.41) is 3.49. The summed E-state index contributed by atoms with van der Waals surface area (Å²) in [6.45, 7) is 14.1. The van der Waals surface area contributed by atoms with Gasteiger partial charge in [-0.15, -0.1) is 0 Å². The molecule has 1 aromatic rings. The predicted octanol–water partition coefficient (Wildman–Crippen LogP) is 3.57. The second-order valence-electron chi connectivity index (χ2n) is 6.59. The van der Waals surface area contributed by atoms with E-state index in [4.69, 9.17) is 4.42 Å². The van der Waals surface area contributed by atoms with Gasteiger partial charge in [-0.1, -0.05) is 20.8 Å². The van der Waals surface area contributed by atoms with E-state index >= 15 is 0 Å². The number of nitrogens with one attached hydrogen (secondary N) is 1. The first-order chi connectivity index (χ1) is 9.58. The van der Waals surface area contributed by atoms with Gasteiger partial charge >= 0.3 is 0 Å². The molecule has 3 nitrogen and oxygen atoms in total. The Labute approximate surface area is 123 Å². The molecule has 1 saturated carbocycles. The van der Waals surface area contributed by atoms with Crippen molar-refractivity contribution < 1.29 is 4.42 Å². The molecule has 0 unspecified atom stereocenters. The highest BCUT2D eigenvalue weighted by molar-refractivity contribution is 5.20. The van der Waals surface area contributed by atoms with E-state index < -0.39 is 0 Å². The maximum absolute atomic E-state index is 5.92. The van der Waals surface area contributed by atoms with Crippen molar-refractivity contribution in [3.8, 4) is 0 Å². The molecule has 0 bridgehead atoms. The maximum Gasteiger partial charge on any atom is 0.118 e. The highest BCUT2D eigenvalue weighted by Gasteiger charge is 2.24. The van der Waals surface area contributed by atoms with Gasteiger partial charge in [-0.05, 0) is 50.8 Å². The largest absolute Gasteiger partial charge is 0.465 e. The van der Waals surface area contributed by atoms with Crippen LogP contribution in [0.25, 0.3) is 0 Å². The minimum atomic E-state index is 0.691. The van der Waals surface area contributed by atoms with Crippen LogP contribution in [0.3, 0.4) is 0 Å². The minimum Gasteiger partial charge on any atom is -0.465 e. The van der Waals surface area contributed by atoms with Gasteiger partial charge in [0, 0.05) is 18.7 Å². The predicted molar refractivity (Wildman–Crippen MR) is 83.7 cm³/mol. The third-order valence-corrected chi connectivity index (χ3v) is 3.98. The third kappa shape index (κ3) is 4.95. The molecule has 0 amide bonds. The lowest BCUT2D eigenvalue weighted by Crippen LogP contribution is -2.24. The highest BCUT2D eigenvalue weighted by Crippen LogP contribution is 2.30. The van der Waals surface area contributed by atoms with Crippen molar-refractivity contribution in [2.45, 2.75) is 53.6 Å². The molecule has 0 saturated heterocycles. The average Bonchev–Trinajstić information content (AvgIpc) is 3.13. The van der Waals surface area contributed by atoms with Crippen LogP contribution in [-0.2, 0) is 13.1 Å². The van der Waals surface area contributed by atoms with Crippen LogP contribution in [0.2, 0.25) is 0 Å². The first-order valence-electron chi connectivity index (χ1n) is 8.09. The molecule has 2 rings (SSSR count). The van der Waals surface area contributed by atoms with E-state index in [1.807, 2.05) is 0 Å². The van der Waals surface area contributed by atoms with Crippen molar-refractivity contribution in [1.82, 2.24) is 10.2 Å². The number of hydrogen-bond donors (Lipinski definition) is 1. The SMILES string of the molecule is CCN(Cc1cc(CNCC(C)C)c(C)o1)CC1CC1. The van der Waals surface area contributed by atoms with E-state index in [-0.39, 0.29) is 0 Å². The standard InChI is InChI=1S/C17H30N2O/c1-5-19(11-15-6-7-15)12-17-8-16(14(4)20-17)10-18-9-13(2)3/h8,13,15,18H,5-7,9-12H2,1-4H3. The van der Waals surface area contributed by atoms with Crippen molar-refractivity contribution in [3.05, 3.63) is 23.2 Å². The summed E-state index contributed by atoms with van der Waals surface area (Å²) in [7, 11) is 0. The highest BCUT2D eigenvalue weighted by atomic mass is 16.3. The van der Waals surface area contributed by atoms with Crippen LogP contribution in [-0.4, -0.2) is 24.5 Å². The van der Waals surface area contributed by atoms with E-state index in [1.165, 1.54) is 24.9 Å². The molecular formula is C17H30N2O. The van der Waals surface area contributed by atoms with Gasteiger partial charge in [0.05, 0.1) is 6.54 Å². The van der Waals surface area contributed by atoms with Crippen molar-refractivity contribution >= 4 is 0 Å². The Morgan fingerprint density at radius 2 is 2.15 bits per heavy atom. The first kappa shape index (κ1) is 15.6. The van der Waals surface area contributed by atoms with E-state index in [0.717, 1.165) is 43.6 Å². The second-order valence-corrected chi connectivity index (χ2v) is 6.59. The summed E-state index contributed by atoms with van der Waals surface area (Å²) in [4.78, 5) is 2.50. The Morgan fingerprint density at radius 3 is 2.75 bits per heavy atom. The number of rotatable bonds is 9. The molecule has 1 aromatic heterocycles. The monoisotopic (exact) mass is 278 g/mol. The number of nitrogens with zero attached hydrogens (tertiary/aromatic N) is 1. The van der Waals surface area contributed by atoms with Gasteiger partial charge in [0.2, 0.25) is 0 Å². The molecule has 0 spiro atoms. The van der Waals surface area contributed by atoms with Crippen LogP contribution >= 0.6 is 0 Å². The van der Waals surface area contributed by atoms with Gasteiger partial charge in [0.15, 0.2) is 0 Å². The zero-order valence-corrected chi connectivity index (χ0v) is 13.5. The van der Waals surface area contributed by atoms with Crippen LogP contribution in [0.5, 0.6) is 0 Å². The second kappa shape index (κ2) is 7.28. The number of furan rings is 1. The molecule has 1 N–H and O–H groups in total. The van der Waals surface area contributed by atoms with Crippen molar-refractivity contribution in [3.63, 3.8) is 0 Å². The molecule has 114 valence electrons. The third-order valence-electron chi connectivity index (χ3n) is 3.98. The lowest BCUT2D eigenvalue weighted by molar-refractivity contribution is 0.244. The summed E-state index contributed by atoms with van der Waals surface area (Å²) in [5.74, 6) is 3.82. The van der Waals surface area contributed by atoms with E-state index in [9.17, 15) is 0 Å². The van der Waals surface area contributed by atoms with Crippen LogP contribution in [0.4, 0.5) is 0 Å². The Hall–Kier alpha value is -0.800. The number of hydrogen-bond acceptors (Lipinski definition) is 3. The van der Waals surface area contributed by atoms with Gasteiger partial charge in [0.25, 0.3) is 0 Å². The van der Waals surface area contributed by atoms with Crippen molar-refractivity contribution in [2.75, 3.05) is 19.6 Å². The molecule has 0 aromatic carbocycles. The Balaban J connectivity index is 1.84. The molecule has 0 atom stereocenters. The first-order valence-corrected chi connectivity index (χ1v) is 8.09. The van der Waals surface area contributed by atoms with Gasteiger partial charge < -0.3 is 9.73 Å². The fourth-order valence-corrected chi connectivity index (χ4v) is 2.53. The minimum absolute atomic E-state index is 0.691. The van der Waals surface area contributed by atoms with Gasteiger partial charge in [-0.3, -0.25) is 4.90 Å². The van der Waals surface area contributed by atoms with Crippen LogP contribution < -0.4 is 5.32 Å². The lowest BCUT2D eigenvalue weighted by atomic mass is 10.2. The number of aryl methyl sites for hydroxylation is 1. The lowest BCUT2D eigenvalue weighted by Gasteiger charge is -2.18. The van der Waals surface area contributed by atoms with E-state index in [0.29, 0.717) is 5.92 Å². The van der Waals surface area contributed by atoms with Crippen LogP contribution in [0.1, 0.15) is 50.7 Å². The molecule has 1 fully saturated rings. The Kier molecular flexibility index (Phi) is 5.67. The zero-order chi connectivity index (χ0) is 14.5. The molecule has 1 aliphatic carbocycles. The molecule has 0 radical (unpaired) electrons. The molecule has 3 heteroatoms. The van der Waals surface area contributed by atoms with E-state index in [1.54, 1.807) is 0 Å². The van der Waals surface area contributed by atoms with Crippen LogP contribution in [0.15, 0.2) is 10.5 Å². The Morgan fingerprint density at radius 1 is 1.40 bits per heavy atom. The summed E-state index contributed by atoms with van der Waals surface area (Å²) >= 11 is 0. The summed E-state index contributed by atoms with van der Waals surface area (Å²) in [6.07, 6.45) is 2.83. The smallest absolute Gasteiger partial charge is 0.118 e. The average molecular weight is 278 g/mol. The van der Waals surface area contributed by atoms with Crippen molar-refractivity contribution in [2.24, 2.45) is 11.8 Å². The fourth-order valence-electron chi connectivity index (χ4n) is 2.53. The van der Waals surface area contributed by atoms with Crippen molar-refractivity contribution in [1.29, 1.82) is 0 Å². The quantitative estimate of drug-likeness (QED) is 0.748. The topological polar surface area (TPSA) is 28.4 Å². The van der Waals surface area contributed by atoms with Gasteiger partial charge in [0.1, 0.15) is 11.5 Å². The Bertz CT molecular complexity index is 407. The molecule has 1 heterocycles.